The van der Waals surface area contributed by atoms with Gasteiger partial charge in [0.1, 0.15) is 0 Å². The van der Waals surface area contributed by atoms with Crippen LogP contribution in [0.25, 0.3) is 91.1 Å². The third-order valence-corrected chi connectivity index (χ3v) is 13.8. The van der Waals surface area contributed by atoms with Crippen LogP contribution in [0.2, 0.25) is 0 Å². The van der Waals surface area contributed by atoms with E-state index in [1.807, 2.05) is 218 Å². The van der Waals surface area contributed by atoms with Gasteiger partial charge in [0, 0.05) is 169 Å². The molecule has 0 amide bonds. The summed E-state index contributed by atoms with van der Waals surface area (Å²) >= 11 is 0. The van der Waals surface area contributed by atoms with Crippen LogP contribution in [-0.4, -0.2) is 134 Å². The SMILES string of the molecule is CC#N.CC#N.CC#N.CC#N.CC#N.CC#N.O=S(=O)([O-])C(F)(F)F.O=S(=O)([O-])C(F)(F)F.O=S(=O)([O-])C(F)(F)F.O=S(=O)([O-])C(F)(F)F.[Rh].[Rh].[Rh].[Rh].c1ccc(-c2cccc(-c3ccccn3)n2)nc1.c1ccc(-c2cccc(-c3ccccn3)n2)nc1.c1ccc(-c2cccc(-c3ccccn3)n2)nc1.c1ccc(-c2cccc(-c3ccccn3)n2)nc1. The van der Waals surface area contributed by atoms with Crippen molar-refractivity contribution in [3.63, 3.8) is 0 Å². The van der Waals surface area contributed by atoms with Gasteiger partial charge in [0.05, 0.1) is 128 Å². The average molecular weight is 2190 g/mol. The summed E-state index contributed by atoms with van der Waals surface area (Å²) in [6.07, 6.45) is 14.1. The fraction of sp³-hybridized carbons (Fsp3) is 0.132. The van der Waals surface area contributed by atoms with Gasteiger partial charge in [-0.05, 0) is 146 Å². The molecule has 30 nitrogen and oxygen atoms in total. The second-order valence-electron chi connectivity index (χ2n) is 20.3. The minimum absolute atomic E-state index is 0. The van der Waals surface area contributed by atoms with Crippen LogP contribution in [0.15, 0.2) is 268 Å². The molecule has 12 aromatic rings. The normalized spacial score (nSPS) is 9.78. The number of nitriles is 6. The molecular weight excluding hydrogens is 2120 g/mol. The Hall–Kier alpha value is -12.0. The standard InChI is InChI=1S/4C15H11N3.6C2H3N.4CHF3O3S.4Rh/c4*1-3-10-16-12(6-1)14-8-5-9-15(18-14)13-7-2-4-11-17-13;6*1-2-3;4*2-1(3,4)8(5,6)7;;;;/h4*1-11H;6*1H3;4*(H,5,6,7);;;;/p-4. The number of pyridine rings is 12. The first-order valence-electron chi connectivity index (χ1n) is 32.4. The molecular formula is C76H62F12N18O12Rh4S4-4. The molecule has 676 valence electrons. The van der Waals surface area contributed by atoms with Gasteiger partial charge in [-0.25, -0.2) is 53.6 Å². The molecule has 0 atom stereocenters. The van der Waals surface area contributed by atoms with E-state index in [2.05, 4.69) is 59.8 Å². The van der Waals surface area contributed by atoms with E-state index in [-0.39, 0.29) is 77.9 Å². The number of hydrogen-bond donors (Lipinski definition) is 0. The molecule has 0 aliphatic heterocycles. The molecule has 0 unspecified atom stereocenters. The van der Waals surface area contributed by atoms with E-state index in [4.69, 9.17) is 83.5 Å². The van der Waals surface area contributed by atoms with Gasteiger partial charge in [0.25, 0.3) is 0 Å². The first-order valence-corrected chi connectivity index (χ1v) is 38.0. The molecule has 12 aromatic heterocycles. The van der Waals surface area contributed by atoms with Crippen molar-refractivity contribution < 1.29 is 182 Å². The quantitative estimate of drug-likeness (QED) is 0.0590. The van der Waals surface area contributed by atoms with Crippen molar-refractivity contribution >= 4 is 40.5 Å². The van der Waals surface area contributed by atoms with Gasteiger partial charge in [-0.15, -0.1) is 0 Å². The summed E-state index contributed by atoms with van der Waals surface area (Å²) in [5, 5.41) is 43.9. The fourth-order valence-corrected chi connectivity index (χ4v) is 6.99. The summed E-state index contributed by atoms with van der Waals surface area (Å²) < 4.78 is 236. The van der Waals surface area contributed by atoms with Crippen LogP contribution < -0.4 is 0 Å². The number of nitrogens with zero attached hydrogens (tertiary/aromatic N) is 18. The summed E-state index contributed by atoms with van der Waals surface area (Å²) in [6.45, 7) is 8.58. The van der Waals surface area contributed by atoms with Crippen molar-refractivity contribution in [1.82, 2.24) is 59.8 Å². The molecule has 0 saturated carbocycles. The summed E-state index contributed by atoms with van der Waals surface area (Å²) in [7, 11) is -24.4. The predicted octanol–water partition coefficient (Wildman–Crippen LogP) is 16.2. The van der Waals surface area contributed by atoms with Crippen molar-refractivity contribution in [1.29, 1.82) is 31.6 Å². The Kier molecular flexibility index (Phi) is 65.9. The Balaban J connectivity index is -0.000000323. The average Bonchev–Trinajstić information content (AvgIpc) is 0.833. The Morgan fingerprint density at radius 2 is 0.286 bits per heavy atom. The van der Waals surface area contributed by atoms with Crippen LogP contribution in [0.3, 0.4) is 0 Å². The second kappa shape index (κ2) is 66.5. The van der Waals surface area contributed by atoms with E-state index in [9.17, 15) is 52.7 Å². The van der Waals surface area contributed by atoms with E-state index < -0.39 is 62.5 Å². The molecule has 0 spiro atoms. The third-order valence-electron chi connectivity index (χ3n) is 11.5. The van der Waals surface area contributed by atoms with E-state index in [0.29, 0.717) is 0 Å². The number of rotatable bonds is 8. The largest absolute Gasteiger partial charge is 0.741 e. The Labute approximate surface area is 767 Å². The zero-order valence-corrected chi connectivity index (χ0v) is 74.7. The molecule has 126 heavy (non-hydrogen) atoms. The Bertz CT molecular complexity index is 4840. The molecule has 0 fully saturated rings. The summed E-state index contributed by atoms with van der Waals surface area (Å²) in [6, 6.07) is 80.4. The van der Waals surface area contributed by atoms with Crippen LogP contribution in [0.4, 0.5) is 52.7 Å². The Morgan fingerprint density at radius 3 is 0.349 bits per heavy atom. The zero-order chi connectivity index (χ0) is 93.1. The molecule has 0 aliphatic carbocycles. The van der Waals surface area contributed by atoms with Crippen molar-refractivity contribution in [3.05, 3.63) is 268 Å². The van der Waals surface area contributed by atoms with Crippen molar-refractivity contribution in [3.8, 4) is 128 Å². The Morgan fingerprint density at radius 1 is 0.206 bits per heavy atom. The van der Waals surface area contributed by atoms with Gasteiger partial charge in [0.15, 0.2) is 40.5 Å². The second-order valence-corrected chi connectivity index (χ2v) is 25.8. The van der Waals surface area contributed by atoms with Gasteiger partial charge in [-0.1, -0.05) is 72.8 Å². The zero-order valence-electron chi connectivity index (χ0n) is 64.9. The van der Waals surface area contributed by atoms with E-state index >= 15 is 0 Å². The first kappa shape index (κ1) is 125. The fourth-order valence-electron chi connectivity index (χ4n) is 6.99. The van der Waals surface area contributed by atoms with Gasteiger partial charge in [0.2, 0.25) is 0 Å². The maximum Gasteiger partial charge on any atom is 0.485 e. The topological polar surface area (TPSA) is 526 Å². The minimum atomic E-state index is -6.09. The van der Waals surface area contributed by atoms with Crippen LogP contribution >= 0.6 is 0 Å². The smallest absolute Gasteiger partial charge is 0.485 e. The molecule has 50 heteroatoms. The first-order chi connectivity index (χ1) is 57.2. The number of aromatic nitrogens is 12. The van der Waals surface area contributed by atoms with Gasteiger partial charge >= 0.3 is 22.0 Å². The van der Waals surface area contributed by atoms with Gasteiger partial charge in [-0.3, -0.25) is 39.9 Å². The van der Waals surface area contributed by atoms with E-state index in [0.717, 1.165) is 91.1 Å². The van der Waals surface area contributed by atoms with Crippen LogP contribution in [0.5, 0.6) is 0 Å². The molecule has 0 aromatic carbocycles. The number of hydrogen-bond acceptors (Lipinski definition) is 30. The summed E-state index contributed by atoms with van der Waals surface area (Å²) in [5.74, 6) is 0. The van der Waals surface area contributed by atoms with Crippen molar-refractivity contribution in [2.24, 2.45) is 0 Å². The maximum absolute atomic E-state index is 10.7. The van der Waals surface area contributed by atoms with Crippen LogP contribution in [0.1, 0.15) is 41.5 Å². The minimum Gasteiger partial charge on any atom is -0.741 e. The van der Waals surface area contributed by atoms with E-state index in [1.165, 1.54) is 41.5 Å². The molecule has 0 saturated heterocycles. The van der Waals surface area contributed by atoms with Gasteiger partial charge in [-0.2, -0.15) is 84.3 Å². The number of alkyl halides is 12. The molecule has 0 aliphatic rings. The van der Waals surface area contributed by atoms with Gasteiger partial charge < -0.3 is 18.2 Å². The maximum atomic E-state index is 10.7. The molecule has 12 heterocycles. The van der Waals surface area contributed by atoms with Crippen LogP contribution in [-0.2, 0) is 118 Å². The van der Waals surface area contributed by atoms with Crippen LogP contribution in [0, 0.1) is 68.0 Å². The third kappa shape index (κ3) is 53.9. The summed E-state index contributed by atoms with van der Waals surface area (Å²) in [5.41, 5.74) is -8.74. The molecule has 12 rings (SSSR count). The predicted molar refractivity (Wildman–Crippen MR) is 414 cm³/mol. The number of halogens is 12. The van der Waals surface area contributed by atoms with Crippen molar-refractivity contribution in [2.75, 3.05) is 0 Å². The van der Waals surface area contributed by atoms with Crippen molar-refractivity contribution in [2.45, 2.75) is 63.6 Å². The monoisotopic (exact) mass is 2190 g/mol. The molecule has 0 N–H and O–H groups in total. The molecule has 0 bridgehead atoms. The summed E-state index contributed by atoms with van der Waals surface area (Å²) in [4.78, 5) is 52.8. The van der Waals surface area contributed by atoms with E-state index in [1.54, 1.807) is 86.0 Å². The molecule has 4 radical (unpaired) electrons.